The molecule has 3 rings (SSSR count). The molecular formula is C12H12N6S. The molecule has 6 nitrogen and oxygen atoms in total. The van der Waals surface area contributed by atoms with Crippen LogP contribution in [-0.4, -0.2) is 29.5 Å². The van der Waals surface area contributed by atoms with Gasteiger partial charge < -0.3 is 0 Å². The van der Waals surface area contributed by atoms with Gasteiger partial charge in [0.05, 0.1) is 12.2 Å². The van der Waals surface area contributed by atoms with Gasteiger partial charge in [0.15, 0.2) is 10.6 Å². The quantitative estimate of drug-likeness (QED) is 0.738. The van der Waals surface area contributed by atoms with Gasteiger partial charge in [-0.3, -0.25) is 19.3 Å². The number of nitrogens with one attached hydrogen (secondary N) is 1. The maximum atomic E-state index is 5.27. The molecule has 0 amide bonds. The molecule has 0 aliphatic heterocycles. The average Bonchev–Trinajstić information content (AvgIpc) is 2.99. The number of aryl methyl sites for hydroxylation is 1. The van der Waals surface area contributed by atoms with Crippen molar-refractivity contribution < 1.29 is 0 Å². The number of aromatic nitrogens is 6. The molecule has 0 aliphatic carbocycles. The molecule has 3 heterocycles. The number of hydrogen-bond donors (Lipinski definition) is 1. The Hall–Kier alpha value is -2.28. The zero-order valence-corrected chi connectivity index (χ0v) is 11.1. The van der Waals surface area contributed by atoms with Crippen LogP contribution in [0.3, 0.4) is 0 Å². The highest BCUT2D eigenvalue weighted by Gasteiger charge is 2.10. The van der Waals surface area contributed by atoms with Crippen molar-refractivity contribution >= 4 is 12.2 Å². The van der Waals surface area contributed by atoms with Gasteiger partial charge in [-0.2, -0.15) is 10.2 Å². The zero-order valence-electron chi connectivity index (χ0n) is 10.3. The van der Waals surface area contributed by atoms with E-state index < -0.39 is 0 Å². The Balaban J connectivity index is 2.02. The number of aromatic amines is 1. The molecule has 0 radical (unpaired) electrons. The zero-order chi connectivity index (χ0) is 13.2. The van der Waals surface area contributed by atoms with E-state index in [1.165, 1.54) is 0 Å². The lowest BCUT2D eigenvalue weighted by molar-refractivity contribution is 0.704. The van der Waals surface area contributed by atoms with Crippen LogP contribution in [0, 0.1) is 4.77 Å². The third-order valence-corrected chi connectivity index (χ3v) is 3.08. The van der Waals surface area contributed by atoms with Crippen molar-refractivity contribution in [3.63, 3.8) is 0 Å². The molecule has 0 spiro atoms. The largest absolute Gasteiger partial charge is 0.294 e. The Labute approximate surface area is 114 Å². The standard InChI is InChI=1S/C12H12N6S/c1-17-6-4-10(16-17)8-18-11(14-15-12(18)19)9-3-2-5-13-7-9/h2-7H,8H2,1H3,(H,15,19). The summed E-state index contributed by atoms with van der Waals surface area (Å²) in [5, 5.41) is 11.4. The molecular weight excluding hydrogens is 260 g/mol. The molecule has 0 fully saturated rings. The highest BCUT2D eigenvalue weighted by molar-refractivity contribution is 7.71. The summed E-state index contributed by atoms with van der Waals surface area (Å²) in [6.07, 6.45) is 5.40. The van der Waals surface area contributed by atoms with E-state index >= 15 is 0 Å². The maximum absolute atomic E-state index is 5.27. The van der Waals surface area contributed by atoms with Crippen molar-refractivity contribution in [3.8, 4) is 11.4 Å². The lowest BCUT2D eigenvalue weighted by Gasteiger charge is -2.04. The topological polar surface area (TPSA) is 64.3 Å². The first kappa shape index (κ1) is 11.8. The Bertz CT molecular complexity index is 739. The van der Waals surface area contributed by atoms with Crippen LogP contribution in [0.1, 0.15) is 5.69 Å². The van der Waals surface area contributed by atoms with Crippen molar-refractivity contribution in [2.45, 2.75) is 6.54 Å². The van der Waals surface area contributed by atoms with Crippen LogP contribution < -0.4 is 0 Å². The van der Waals surface area contributed by atoms with Gasteiger partial charge in [-0.25, -0.2) is 0 Å². The first-order valence-electron chi connectivity index (χ1n) is 5.78. The van der Waals surface area contributed by atoms with Crippen LogP contribution in [0.5, 0.6) is 0 Å². The second kappa shape index (κ2) is 4.77. The van der Waals surface area contributed by atoms with Crippen LogP contribution in [0.2, 0.25) is 0 Å². The highest BCUT2D eigenvalue weighted by Crippen LogP contribution is 2.16. The van der Waals surface area contributed by atoms with Gasteiger partial charge in [0, 0.05) is 31.2 Å². The van der Waals surface area contributed by atoms with Gasteiger partial charge in [-0.15, -0.1) is 0 Å². The van der Waals surface area contributed by atoms with Crippen LogP contribution >= 0.6 is 12.2 Å². The fraction of sp³-hybridized carbons (Fsp3) is 0.167. The summed E-state index contributed by atoms with van der Waals surface area (Å²) >= 11 is 5.27. The van der Waals surface area contributed by atoms with Crippen molar-refractivity contribution in [2.24, 2.45) is 7.05 Å². The molecule has 96 valence electrons. The van der Waals surface area contributed by atoms with E-state index in [1.54, 1.807) is 17.1 Å². The van der Waals surface area contributed by atoms with E-state index in [9.17, 15) is 0 Å². The fourth-order valence-electron chi connectivity index (χ4n) is 1.89. The molecule has 0 unspecified atom stereocenters. The van der Waals surface area contributed by atoms with Crippen LogP contribution in [0.4, 0.5) is 0 Å². The van der Waals surface area contributed by atoms with Crippen molar-refractivity contribution in [3.05, 3.63) is 47.3 Å². The van der Waals surface area contributed by atoms with Crippen molar-refractivity contribution in [1.82, 2.24) is 29.5 Å². The molecule has 1 N–H and O–H groups in total. The summed E-state index contributed by atoms with van der Waals surface area (Å²) in [6, 6.07) is 5.78. The third kappa shape index (κ3) is 2.32. The SMILES string of the molecule is Cn1ccc(Cn2c(-c3cccnc3)n[nH]c2=S)n1. The molecule has 0 saturated carbocycles. The lowest BCUT2D eigenvalue weighted by atomic mass is 10.2. The van der Waals surface area contributed by atoms with Crippen LogP contribution in [0.25, 0.3) is 11.4 Å². The molecule has 0 saturated heterocycles. The van der Waals surface area contributed by atoms with E-state index in [2.05, 4.69) is 20.3 Å². The third-order valence-electron chi connectivity index (χ3n) is 2.77. The van der Waals surface area contributed by atoms with Gasteiger partial charge in [-0.1, -0.05) is 0 Å². The molecule has 7 heteroatoms. The second-order valence-corrected chi connectivity index (χ2v) is 4.55. The van der Waals surface area contributed by atoms with E-state index in [-0.39, 0.29) is 0 Å². The summed E-state index contributed by atoms with van der Waals surface area (Å²) in [5.74, 6) is 0.767. The van der Waals surface area contributed by atoms with Crippen molar-refractivity contribution in [2.75, 3.05) is 0 Å². The normalized spacial score (nSPS) is 10.8. The van der Waals surface area contributed by atoms with E-state index in [4.69, 9.17) is 12.2 Å². The summed E-state index contributed by atoms with van der Waals surface area (Å²) in [6.45, 7) is 0.584. The molecule has 0 aromatic carbocycles. The minimum Gasteiger partial charge on any atom is -0.294 e. The fourth-order valence-corrected chi connectivity index (χ4v) is 2.09. The van der Waals surface area contributed by atoms with E-state index in [0.717, 1.165) is 17.1 Å². The van der Waals surface area contributed by atoms with Gasteiger partial charge in [-0.05, 0) is 30.4 Å². The lowest BCUT2D eigenvalue weighted by Crippen LogP contribution is -2.04. The molecule has 3 aromatic heterocycles. The number of H-pyrrole nitrogens is 1. The second-order valence-electron chi connectivity index (χ2n) is 4.16. The monoisotopic (exact) mass is 272 g/mol. The Morgan fingerprint density at radius 2 is 2.26 bits per heavy atom. The minimum absolute atomic E-state index is 0.574. The number of hydrogen-bond acceptors (Lipinski definition) is 4. The smallest absolute Gasteiger partial charge is 0.195 e. The maximum Gasteiger partial charge on any atom is 0.195 e. The van der Waals surface area contributed by atoms with Crippen LogP contribution in [-0.2, 0) is 13.6 Å². The van der Waals surface area contributed by atoms with Crippen LogP contribution in [0.15, 0.2) is 36.8 Å². The summed E-state index contributed by atoms with van der Waals surface area (Å²) in [7, 11) is 1.89. The number of pyridine rings is 1. The summed E-state index contributed by atoms with van der Waals surface area (Å²) in [5.41, 5.74) is 1.86. The molecule has 3 aromatic rings. The predicted molar refractivity (Wildman–Crippen MR) is 73.0 cm³/mol. The van der Waals surface area contributed by atoms with Gasteiger partial charge >= 0.3 is 0 Å². The summed E-state index contributed by atoms with van der Waals surface area (Å²) < 4.78 is 4.25. The number of rotatable bonds is 3. The average molecular weight is 272 g/mol. The molecule has 0 aliphatic rings. The van der Waals surface area contributed by atoms with Crippen molar-refractivity contribution in [1.29, 1.82) is 0 Å². The minimum atomic E-state index is 0.574. The molecule has 0 atom stereocenters. The number of nitrogens with zero attached hydrogens (tertiary/aromatic N) is 5. The Morgan fingerprint density at radius 3 is 2.95 bits per heavy atom. The van der Waals surface area contributed by atoms with Gasteiger partial charge in [0.25, 0.3) is 0 Å². The summed E-state index contributed by atoms with van der Waals surface area (Å²) in [4.78, 5) is 4.10. The highest BCUT2D eigenvalue weighted by atomic mass is 32.1. The van der Waals surface area contributed by atoms with Gasteiger partial charge in [0.2, 0.25) is 0 Å². The Kier molecular flexibility index (Phi) is 2.96. The Morgan fingerprint density at radius 1 is 1.37 bits per heavy atom. The molecule has 19 heavy (non-hydrogen) atoms. The first-order chi connectivity index (χ1) is 9.24. The van der Waals surface area contributed by atoms with Gasteiger partial charge in [0.1, 0.15) is 0 Å². The van der Waals surface area contributed by atoms with E-state index in [1.807, 2.05) is 36.0 Å². The predicted octanol–water partition coefficient (Wildman–Crippen LogP) is 1.78. The molecule has 0 bridgehead atoms. The first-order valence-corrected chi connectivity index (χ1v) is 6.19. The van der Waals surface area contributed by atoms with E-state index in [0.29, 0.717) is 11.3 Å².